The molecule has 2 heterocycles. The molecule has 0 aliphatic carbocycles. The van der Waals surface area contributed by atoms with E-state index in [2.05, 4.69) is 16.4 Å². The molecule has 0 saturated carbocycles. The molecule has 20 heavy (non-hydrogen) atoms. The van der Waals surface area contributed by atoms with E-state index in [0.29, 0.717) is 24.7 Å². The summed E-state index contributed by atoms with van der Waals surface area (Å²) in [6, 6.07) is 7.70. The summed E-state index contributed by atoms with van der Waals surface area (Å²) in [4.78, 5) is 4.10. The molecule has 1 aliphatic heterocycles. The predicted octanol–water partition coefficient (Wildman–Crippen LogP) is 2.09. The van der Waals surface area contributed by atoms with Crippen molar-refractivity contribution in [1.82, 2.24) is 4.98 Å². The van der Waals surface area contributed by atoms with Crippen molar-refractivity contribution in [3.8, 4) is 11.5 Å². The fraction of sp³-hybridized carbons (Fsp3) is 0.267. The number of nitrogens with two attached hydrogens (primary N) is 1. The molecule has 104 valence electrons. The number of nitrogen functional groups attached to an aromatic ring is 1. The molecule has 3 rings (SSSR count). The highest BCUT2D eigenvalue weighted by Gasteiger charge is 2.14. The van der Waals surface area contributed by atoms with Crippen molar-refractivity contribution >= 4 is 11.4 Å². The van der Waals surface area contributed by atoms with Crippen molar-refractivity contribution in [1.29, 1.82) is 0 Å². The van der Waals surface area contributed by atoms with Gasteiger partial charge in [-0.1, -0.05) is 6.07 Å². The van der Waals surface area contributed by atoms with E-state index in [-0.39, 0.29) is 0 Å². The summed E-state index contributed by atoms with van der Waals surface area (Å²) >= 11 is 0. The number of nitrogens with one attached hydrogen (secondary N) is 1. The van der Waals surface area contributed by atoms with Gasteiger partial charge in [-0.2, -0.15) is 0 Å². The molecule has 0 atom stereocenters. The van der Waals surface area contributed by atoms with Gasteiger partial charge in [-0.3, -0.25) is 4.98 Å². The Labute approximate surface area is 117 Å². The smallest absolute Gasteiger partial charge is 0.163 e. The van der Waals surface area contributed by atoms with Gasteiger partial charge in [-0.15, -0.1) is 0 Å². The third kappa shape index (κ3) is 2.77. The lowest BCUT2D eigenvalue weighted by atomic mass is 10.2. The van der Waals surface area contributed by atoms with E-state index >= 15 is 0 Å². The van der Waals surface area contributed by atoms with Crippen molar-refractivity contribution in [3.63, 3.8) is 0 Å². The quantitative estimate of drug-likeness (QED) is 0.833. The van der Waals surface area contributed by atoms with Gasteiger partial charge in [0.1, 0.15) is 13.2 Å². The number of rotatable bonds is 4. The van der Waals surface area contributed by atoms with Crippen LogP contribution in [0.25, 0.3) is 0 Å². The maximum absolute atomic E-state index is 6.01. The van der Waals surface area contributed by atoms with Gasteiger partial charge in [0.15, 0.2) is 11.5 Å². The molecule has 0 saturated heterocycles. The second-order valence-electron chi connectivity index (χ2n) is 4.62. The van der Waals surface area contributed by atoms with Crippen LogP contribution in [-0.4, -0.2) is 24.7 Å². The Bertz CT molecular complexity index is 587. The van der Waals surface area contributed by atoms with Crippen LogP contribution in [0.3, 0.4) is 0 Å². The second kappa shape index (κ2) is 5.69. The average Bonchev–Trinajstić information content (AvgIpc) is 2.49. The summed E-state index contributed by atoms with van der Waals surface area (Å²) in [6.45, 7) is 1.93. The molecule has 5 nitrogen and oxygen atoms in total. The second-order valence-corrected chi connectivity index (χ2v) is 4.62. The van der Waals surface area contributed by atoms with Crippen LogP contribution in [0.4, 0.5) is 11.4 Å². The van der Waals surface area contributed by atoms with Crippen molar-refractivity contribution in [2.24, 2.45) is 0 Å². The minimum Gasteiger partial charge on any atom is -0.486 e. The van der Waals surface area contributed by atoms with Gasteiger partial charge < -0.3 is 20.5 Å². The first kappa shape index (κ1) is 12.6. The Hall–Kier alpha value is -2.43. The zero-order valence-electron chi connectivity index (χ0n) is 11.1. The summed E-state index contributed by atoms with van der Waals surface area (Å²) in [5, 5.41) is 3.32. The standard InChI is InChI=1S/C15H17N3O2/c16-12-8-14-15(20-7-6-19-14)9-13(12)18-5-3-11-2-1-4-17-10-11/h1-2,4,8-10,18H,3,5-7,16H2. The van der Waals surface area contributed by atoms with Gasteiger partial charge in [0.05, 0.1) is 11.4 Å². The van der Waals surface area contributed by atoms with E-state index in [9.17, 15) is 0 Å². The highest BCUT2D eigenvalue weighted by atomic mass is 16.6. The van der Waals surface area contributed by atoms with E-state index in [4.69, 9.17) is 15.2 Å². The van der Waals surface area contributed by atoms with Gasteiger partial charge in [-0.25, -0.2) is 0 Å². The number of hydrogen-bond acceptors (Lipinski definition) is 5. The Morgan fingerprint density at radius 2 is 2.00 bits per heavy atom. The predicted molar refractivity (Wildman–Crippen MR) is 78.3 cm³/mol. The van der Waals surface area contributed by atoms with Gasteiger partial charge >= 0.3 is 0 Å². The normalized spacial score (nSPS) is 13.0. The van der Waals surface area contributed by atoms with Crippen LogP contribution in [0.15, 0.2) is 36.7 Å². The van der Waals surface area contributed by atoms with Crippen LogP contribution in [0, 0.1) is 0 Å². The number of anilines is 2. The molecule has 1 aromatic carbocycles. The molecule has 0 spiro atoms. The zero-order chi connectivity index (χ0) is 13.8. The lowest BCUT2D eigenvalue weighted by Crippen LogP contribution is -2.16. The SMILES string of the molecule is Nc1cc2c(cc1NCCc1cccnc1)OCCO2. The van der Waals surface area contributed by atoms with Gasteiger partial charge in [-0.05, 0) is 18.1 Å². The monoisotopic (exact) mass is 271 g/mol. The van der Waals surface area contributed by atoms with E-state index in [0.717, 1.165) is 24.4 Å². The summed E-state index contributed by atoms with van der Waals surface area (Å²) in [5.41, 5.74) is 8.74. The Morgan fingerprint density at radius 3 is 2.75 bits per heavy atom. The molecule has 1 aromatic heterocycles. The minimum atomic E-state index is 0.570. The summed E-state index contributed by atoms with van der Waals surface area (Å²) in [5.74, 6) is 1.46. The van der Waals surface area contributed by atoms with Crippen molar-refractivity contribution in [3.05, 3.63) is 42.2 Å². The van der Waals surface area contributed by atoms with Gasteiger partial charge in [0.2, 0.25) is 0 Å². The fourth-order valence-electron chi connectivity index (χ4n) is 2.15. The van der Waals surface area contributed by atoms with Crippen molar-refractivity contribution < 1.29 is 9.47 Å². The van der Waals surface area contributed by atoms with Crippen molar-refractivity contribution in [2.45, 2.75) is 6.42 Å². The summed E-state index contributed by atoms with van der Waals surface area (Å²) in [6.07, 6.45) is 4.53. The molecule has 0 bridgehead atoms. The van der Waals surface area contributed by atoms with Crippen LogP contribution in [-0.2, 0) is 6.42 Å². The van der Waals surface area contributed by atoms with Crippen LogP contribution >= 0.6 is 0 Å². The highest BCUT2D eigenvalue weighted by molar-refractivity contribution is 5.72. The Balaban J connectivity index is 1.65. The highest BCUT2D eigenvalue weighted by Crippen LogP contribution is 2.36. The molecule has 0 fully saturated rings. The summed E-state index contributed by atoms with van der Waals surface area (Å²) < 4.78 is 11.0. The number of benzene rings is 1. The van der Waals surface area contributed by atoms with E-state index in [1.807, 2.05) is 18.3 Å². The number of fused-ring (bicyclic) bond motifs is 1. The first-order chi connectivity index (χ1) is 9.83. The fourth-order valence-corrected chi connectivity index (χ4v) is 2.15. The molecule has 0 amide bonds. The zero-order valence-corrected chi connectivity index (χ0v) is 11.1. The maximum atomic E-state index is 6.01. The van der Waals surface area contributed by atoms with Gasteiger partial charge in [0.25, 0.3) is 0 Å². The van der Waals surface area contributed by atoms with Crippen LogP contribution in [0.1, 0.15) is 5.56 Å². The average molecular weight is 271 g/mol. The number of nitrogens with zero attached hydrogens (tertiary/aromatic N) is 1. The van der Waals surface area contributed by atoms with Gasteiger partial charge in [0, 0.05) is 31.1 Å². The number of pyridine rings is 1. The lowest BCUT2D eigenvalue weighted by Gasteiger charge is -2.20. The molecule has 3 N–H and O–H groups in total. The molecule has 0 unspecified atom stereocenters. The molecule has 2 aromatic rings. The van der Waals surface area contributed by atoms with Crippen LogP contribution in [0.5, 0.6) is 11.5 Å². The maximum Gasteiger partial charge on any atom is 0.163 e. The number of hydrogen-bond donors (Lipinski definition) is 2. The molecular weight excluding hydrogens is 254 g/mol. The molecule has 1 aliphatic rings. The summed E-state index contributed by atoms with van der Waals surface area (Å²) in [7, 11) is 0. The number of ether oxygens (including phenoxy) is 2. The van der Waals surface area contributed by atoms with Crippen LogP contribution < -0.4 is 20.5 Å². The number of aromatic nitrogens is 1. The first-order valence-electron chi connectivity index (χ1n) is 6.65. The van der Waals surface area contributed by atoms with E-state index in [1.165, 1.54) is 5.56 Å². The minimum absolute atomic E-state index is 0.570. The molecule has 0 radical (unpaired) electrons. The third-order valence-electron chi connectivity index (χ3n) is 3.17. The topological polar surface area (TPSA) is 69.4 Å². The van der Waals surface area contributed by atoms with E-state index in [1.54, 1.807) is 12.3 Å². The third-order valence-corrected chi connectivity index (χ3v) is 3.17. The first-order valence-corrected chi connectivity index (χ1v) is 6.65. The van der Waals surface area contributed by atoms with Crippen LogP contribution in [0.2, 0.25) is 0 Å². The van der Waals surface area contributed by atoms with Crippen molar-refractivity contribution in [2.75, 3.05) is 30.8 Å². The lowest BCUT2D eigenvalue weighted by molar-refractivity contribution is 0.172. The molecule has 5 heteroatoms. The Kier molecular flexibility index (Phi) is 3.58. The Morgan fingerprint density at radius 1 is 1.20 bits per heavy atom. The van der Waals surface area contributed by atoms with E-state index < -0.39 is 0 Å². The molecular formula is C15H17N3O2. The largest absolute Gasteiger partial charge is 0.486 e.